The Morgan fingerprint density at radius 1 is 1.83 bits per heavy atom. The Morgan fingerprint density at radius 3 is 3.17 bits per heavy atom. The first-order valence-electron chi connectivity index (χ1n) is 3.98. The second kappa shape index (κ2) is 4.04. The summed E-state index contributed by atoms with van der Waals surface area (Å²) in [6.45, 7) is 4.42. The Bertz CT molecular complexity index is 211. The molecule has 0 aromatic carbocycles. The standard InChI is InChI=1S/C9H13NO2/c1-3-7-4-8(6-10-5-7)9(11)12-2/h3,6-8H,1,4-5H2,2H3/t7-,8-/m1/s1. The number of nitrogens with zero attached hydrogens (tertiary/aromatic N) is 1. The Balaban J connectivity index is 2.57. The third-order valence-corrected chi connectivity index (χ3v) is 2.02. The van der Waals surface area contributed by atoms with E-state index >= 15 is 0 Å². The highest BCUT2D eigenvalue weighted by Gasteiger charge is 2.23. The van der Waals surface area contributed by atoms with E-state index in [1.54, 1.807) is 6.21 Å². The maximum absolute atomic E-state index is 11.1. The van der Waals surface area contributed by atoms with Gasteiger partial charge in [0.2, 0.25) is 0 Å². The lowest BCUT2D eigenvalue weighted by Crippen LogP contribution is -2.25. The van der Waals surface area contributed by atoms with Gasteiger partial charge in [-0.15, -0.1) is 6.58 Å². The van der Waals surface area contributed by atoms with Gasteiger partial charge in [-0.1, -0.05) is 6.08 Å². The summed E-state index contributed by atoms with van der Waals surface area (Å²) in [5.41, 5.74) is 0. The summed E-state index contributed by atoms with van der Waals surface area (Å²) < 4.78 is 4.62. The number of hydrogen-bond donors (Lipinski definition) is 0. The minimum Gasteiger partial charge on any atom is -0.469 e. The van der Waals surface area contributed by atoms with Gasteiger partial charge in [0, 0.05) is 12.8 Å². The number of carbonyl (C=O) groups excluding carboxylic acids is 1. The van der Waals surface area contributed by atoms with Crippen LogP contribution in [0.1, 0.15) is 6.42 Å². The van der Waals surface area contributed by atoms with Crippen LogP contribution in [0.5, 0.6) is 0 Å². The van der Waals surface area contributed by atoms with E-state index in [2.05, 4.69) is 16.3 Å². The van der Waals surface area contributed by atoms with Crippen molar-refractivity contribution in [2.45, 2.75) is 6.42 Å². The molecule has 1 aliphatic heterocycles. The van der Waals surface area contributed by atoms with Crippen molar-refractivity contribution in [3.8, 4) is 0 Å². The molecule has 0 saturated carbocycles. The highest BCUT2D eigenvalue weighted by atomic mass is 16.5. The van der Waals surface area contributed by atoms with E-state index in [4.69, 9.17) is 0 Å². The number of rotatable bonds is 2. The van der Waals surface area contributed by atoms with Gasteiger partial charge >= 0.3 is 5.97 Å². The second-order valence-electron chi connectivity index (χ2n) is 2.88. The van der Waals surface area contributed by atoms with Crippen LogP contribution in [0.15, 0.2) is 17.6 Å². The Morgan fingerprint density at radius 2 is 2.58 bits per heavy atom. The number of methoxy groups -OCH3 is 1. The van der Waals surface area contributed by atoms with Gasteiger partial charge in [0.05, 0.1) is 13.0 Å². The quantitative estimate of drug-likeness (QED) is 0.455. The van der Waals surface area contributed by atoms with Crippen molar-refractivity contribution in [2.75, 3.05) is 13.7 Å². The van der Waals surface area contributed by atoms with E-state index in [-0.39, 0.29) is 11.9 Å². The van der Waals surface area contributed by atoms with E-state index in [0.717, 1.165) is 13.0 Å². The molecule has 0 aromatic heterocycles. The normalized spacial score (nSPS) is 28.1. The summed E-state index contributed by atoms with van der Waals surface area (Å²) in [6.07, 6.45) is 4.29. The number of esters is 1. The van der Waals surface area contributed by atoms with Gasteiger partial charge in [0.25, 0.3) is 0 Å². The smallest absolute Gasteiger partial charge is 0.314 e. The fraction of sp³-hybridized carbons (Fsp3) is 0.556. The Kier molecular flexibility index (Phi) is 3.02. The van der Waals surface area contributed by atoms with Crippen LogP contribution in [-0.2, 0) is 9.53 Å². The molecule has 0 aliphatic carbocycles. The molecule has 0 aromatic rings. The van der Waals surface area contributed by atoms with E-state index in [9.17, 15) is 4.79 Å². The van der Waals surface area contributed by atoms with Crippen molar-refractivity contribution >= 4 is 12.2 Å². The number of aliphatic imine (C=N–C) groups is 1. The van der Waals surface area contributed by atoms with Crippen molar-refractivity contribution in [3.63, 3.8) is 0 Å². The number of hydrogen-bond acceptors (Lipinski definition) is 3. The maximum atomic E-state index is 11.1. The van der Waals surface area contributed by atoms with Crippen molar-refractivity contribution in [1.29, 1.82) is 0 Å². The van der Waals surface area contributed by atoms with E-state index in [1.165, 1.54) is 7.11 Å². The van der Waals surface area contributed by atoms with Crippen LogP contribution in [0.4, 0.5) is 0 Å². The van der Waals surface area contributed by atoms with Gasteiger partial charge in [-0.2, -0.15) is 0 Å². The zero-order chi connectivity index (χ0) is 8.97. The third kappa shape index (κ3) is 1.94. The van der Waals surface area contributed by atoms with E-state index in [1.807, 2.05) is 6.08 Å². The minimum atomic E-state index is -0.203. The first-order valence-corrected chi connectivity index (χ1v) is 3.98. The lowest BCUT2D eigenvalue weighted by molar-refractivity contribution is -0.143. The van der Waals surface area contributed by atoms with Gasteiger partial charge in [-0.05, 0) is 12.3 Å². The van der Waals surface area contributed by atoms with Crippen molar-refractivity contribution < 1.29 is 9.53 Å². The Labute approximate surface area is 72.1 Å². The molecule has 1 heterocycles. The van der Waals surface area contributed by atoms with Crippen LogP contribution in [0.2, 0.25) is 0 Å². The fourth-order valence-corrected chi connectivity index (χ4v) is 1.26. The molecule has 2 atom stereocenters. The molecule has 0 N–H and O–H groups in total. The number of ether oxygens (including phenoxy) is 1. The van der Waals surface area contributed by atoms with Crippen LogP contribution >= 0.6 is 0 Å². The molecule has 66 valence electrons. The molecule has 12 heavy (non-hydrogen) atoms. The Hall–Kier alpha value is -1.12. The van der Waals surface area contributed by atoms with Gasteiger partial charge in [-0.25, -0.2) is 0 Å². The zero-order valence-corrected chi connectivity index (χ0v) is 7.19. The topological polar surface area (TPSA) is 38.7 Å². The van der Waals surface area contributed by atoms with Crippen molar-refractivity contribution in [1.82, 2.24) is 0 Å². The molecule has 0 saturated heterocycles. The summed E-state index contributed by atoms with van der Waals surface area (Å²) in [5.74, 6) is -0.0591. The molecule has 0 fully saturated rings. The van der Waals surface area contributed by atoms with Crippen LogP contribution in [0, 0.1) is 11.8 Å². The molecule has 0 bridgehead atoms. The van der Waals surface area contributed by atoms with Gasteiger partial charge in [0.15, 0.2) is 0 Å². The van der Waals surface area contributed by atoms with Gasteiger partial charge < -0.3 is 4.74 Å². The molecule has 0 spiro atoms. The third-order valence-electron chi connectivity index (χ3n) is 2.02. The predicted molar refractivity (Wildman–Crippen MR) is 47.2 cm³/mol. The van der Waals surface area contributed by atoms with Crippen LogP contribution in [-0.4, -0.2) is 25.8 Å². The van der Waals surface area contributed by atoms with E-state index < -0.39 is 0 Å². The lowest BCUT2D eigenvalue weighted by Gasteiger charge is -2.19. The van der Waals surface area contributed by atoms with Crippen molar-refractivity contribution in [3.05, 3.63) is 12.7 Å². The SMILES string of the molecule is C=C[C@H]1CN=C[C@H](C(=O)OC)C1. The van der Waals surface area contributed by atoms with E-state index in [0.29, 0.717) is 5.92 Å². The summed E-state index contributed by atoms with van der Waals surface area (Å²) >= 11 is 0. The molecule has 3 heteroatoms. The highest BCUT2D eigenvalue weighted by Crippen LogP contribution is 2.18. The first-order chi connectivity index (χ1) is 5.77. The van der Waals surface area contributed by atoms with Crippen LogP contribution < -0.4 is 0 Å². The average Bonchev–Trinajstić information content (AvgIpc) is 2.17. The molecule has 1 aliphatic rings. The van der Waals surface area contributed by atoms with Crippen LogP contribution in [0.25, 0.3) is 0 Å². The molecule has 0 radical (unpaired) electrons. The second-order valence-corrected chi connectivity index (χ2v) is 2.88. The fourth-order valence-electron chi connectivity index (χ4n) is 1.26. The first kappa shape index (κ1) is 8.97. The average molecular weight is 167 g/mol. The summed E-state index contributed by atoms with van der Waals surface area (Å²) in [7, 11) is 1.40. The lowest BCUT2D eigenvalue weighted by atomic mass is 9.93. The zero-order valence-electron chi connectivity index (χ0n) is 7.19. The van der Waals surface area contributed by atoms with Crippen molar-refractivity contribution in [2.24, 2.45) is 16.8 Å². The summed E-state index contributed by atoms with van der Waals surface area (Å²) in [6, 6.07) is 0. The molecule has 0 unspecified atom stereocenters. The molecular formula is C9H13NO2. The predicted octanol–water partition coefficient (Wildman–Crippen LogP) is 1.05. The molecule has 1 rings (SSSR count). The maximum Gasteiger partial charge on any atom is 0.314 e. The van der Waals surface area contributed by atoms with Crippen LogP contribution in [0.3, 0.4) is 0 Å². The summed E-state index contributed by atoms with van der Waals surface area (Å²) in [4.78, 5) is 15.2. The summed E-state index contributed by atoms with van der Waals surface area (Å²) in [5, 5.41) is 0. The molecular weight excluding hydrogens is 154 g/mol. The molecule has 0 amide bonds. The highest BCUT2D eigenvalue weighted by molar-refractivity contribution is 5.90. The molecule has 3 nitrogen and oxygen atoms in total. The van der Waals surface area contributed by atoms with Gasteiger partial charge in [0.1, 0.15) is 0 Å². The largest absolute Gasteiger partial charge is 0.469 e. The monoisotopic (exact) mass is 167 g/mol. The van der Waals surface area contributed by atoms with Gasteiger partial charge in [-0.3, -0.25) is 9.79 Å². The number of carbonyl (C=O) groups is 1. The minimum absolute atomic E-state index is 0.174.